The Morgan fingerprint density at radius 2 is 2.09 bits per heavy atom. The Morgan fingerprint density at radius 3 is 2.55 bits per heavy atom. The van der Waals surface area contributed by atoms with E-state index in [0.29, 0.717) is 19.8 Å². The molecule has 0 radical (unpaired) electrons. The molecular weight excluding hydrogens is 160 g/mol. The van der Waals surface area contributed by atoms with E-state index in [2.05, 4.69) is 0 Å². The predicted octanol–water partition coefficient (Wildman–Crippen LogP) is -0.824. The zero-order valence-electron chi connectivity index (χ0n) is 7.25. The van der Waals surface area contributed by atoms with Gasteiger partial charge in [0.25, 0.3) is 0 Å². The van der Waals surface area contributed by atoms with Crippen molar-refractivity contribution in [2.24, 2.45) is 11.5 Å². The highest BCUT2D eigenvalue weighted by atomic mass is 28.3. The van der Waals surface area contributed by atoms with E-state index in [1.54, 1.807) is 0 Å². The number of hydrogen-bond acceptors (Lipinski definition) is 4. The number of nitrogens with two attached hydrogens (primary N) is 2. The van der Waals surface area contributed by atoms with Crippen LogP contribution in [0.4, 0.5) is 0 Å². The van der Waals surface area contributed by atoms with Gasteiger partial charge in [0.05, 0.1) is 6.61 Å². The van der Waals surface area contributed by atoms with Crippen molar-refractivity contribution in [1.29, 1.82) is 0 Å². The number of rotatable bonds is 6. The number of hydrogen-bond donors (Lipinski definition) is 2. The maximum absolute atomic E-state index is 5.49. The molecule has 0 heterocycles. The molecule has 5 heteroatoms. The molecule has 2 atom stereocenters. The quantitative estimate of drug-likeness (QED) is 0.521. The van der Waals surface area contributed by atoms with Crippen LogP contribution in [0.2, 0.25) is 6.55 Å². The summed E-state index contributed by atoms with van der Waals surface area (Å²) in [5, 5.41) is 0. The lowest BCUT2D eigenvalue weighted by Crippen LogP contribution is -2.29. The fourth-order valence-corrected chi connectivity index (χ4v) is 1.71. The fraction of sp³-hybridized carbons (Fsp3) is 1.00. The molecule has 0 saturated carbocycles. The summed E-state index contributed by atoms with van der Waals surface area (Å²) in [6, 6.07) is 0.0893. The maximum Gasteiger partial charge on any atom is 0.318 e. The Bertz CT molecular complexity index is 92.7. The molecule has 0 bridgehead atoms. The molecule has 0 aromatic carbocycles. The molecule has 0 aliphatic rings. The first-order chi connectivity index (χ1) is 5.16. The van der Waals surface area contributed by atoms with E-state index in [1.807, 2.05) is 13.5 Å². The van der Waals surface area contributed by atoms with Gasteiger partial charge in [-0.2, -0.15) is 0 Å². The summed E-state index contributed by atoms with van der Waals surface area (Å²) in [4.78, 5) is 0. The van der Waals surface area contributed by atoms with Gasteiger partial charge in [0.2, 0.25) is 0 Å². The van der Waals surface area contributed by atoms with Gasteiger partial charge >= 0.3 is 9.28 Å². The maximum atomic E-state index is 5.49. The molecule has 68 valence electrons. The topological polar surface area (TPSA) is 70.5 Å². The molecule has 0 fully saturated rings. The van der Waals surface area contributed by atoms with Crippen molar-refractivity contribution < 1.29 is 8.85 Å². The minimum atomic E-state index is -1.44. The van der Waals surface area contributed by atoms with E-state index in [-0.39, 0.29) is 6.04 Å². The molecule has 11 heavy (non-hydrogen) atoms. The van der Waals surface area contributed by atoms with E-state index < -0.39 is 9.28 Å². The third kappa shape index (κ3) is 7.96. The second-order valence-electron chi connectivity index (χ2n) is 2.54. The van der Waals surface area contributed by atoms with Gasteiger partial charge in [-0.1, -0.05) is 0 Å². The van der Waals surface area contributed by atoms with E-state index in [9.17, 15) is 0 Å². The zero-order valence-corrected chi connectivity index (χ0v) is 8.40. The Hall–Kier alpha value is 0.0569. The lowest BCUT2D eigenvalue weighted by molar-refractivity contribution is 0.198. The Labute approximate surface area is 69.7 Å². The molecule has 0 amide bonds. The molecule has 4 N–H and O–H groups in total. The first kappa shape index (κ1) is 11.1. The van der Waals surface area contributed by atoms with Crippen LogP contribution in [0.3, 0.4) is 0 Å². The van der Waals surface area contributed by atoms with Crippen LogP contribution in [-0.2, 0) is 8.85 Å². The second-order valence-corrected chi connectivity index (χ2v) is 4.34. The van der Waals surface area contributed by atoms with Crippen molar-refractivity contribution in [3.63, 3.8) is 0 Å². The van der Waals surface area contributed by atoms with E-state index in [1.165, 1.54) is 0 Å². The van der Waals surface area contributed by atoms with Crippen molar-refractivity contribution >= 4 is 9.28 Å². The van der Waals surface area contributed by atoms with Crippen molar-refractivity contribution in [2.45, 2.75) is 19.5 Å². The summed E-state index contributed by atoms with van der Waals surface area (Å²) in [6.45, 7) is 5.60. The predicted molar refractivity (Wildman–Crippen MR) is 47.6 cm³/mol. The van der Waals surface area contributed by atoms with Crippen LogP contribution < -0.4 is 11.5 Å². The van der Waals surface area contributed by atoms with Crippen molar-refractivity contribution in [2.75, 3.05) is 19.8 Å². The Balaban J connectivity index is 3.15. The average Bonchev–Trinajstić information content (AvgIpc) is 1.97. The van der Waals surface area contributed by atoms with Crippen LogP contribution in [0.25, 0.3) is 0 Å². The van der Waals surface area contributed by atoms with Crippen molar-refractivity contribution in [3.8, 4) is 0 Å². The SMILES string of the molecule is CC(N)CO[SiH](C)OCCN. The minimum absolute atomic E-state index is 0.0893. The van der Waals surface area contributed by atoms with Crippen LogP contribution in [0.15, 0.2) is 0 Å². The molecule has 0 aliphatic carbocycles. The fourth-order valence-electron chi connectivity index (χ4n) is 0.569. The first-order valence-corrected chi connectivity index (χ1v) is 5.95. The third-order valence-electron chi connectivity index (χ3n) is 1.06. The van der Waals surface area contributed by atoms with Crippen LogP contribution in [-0.4, -0.2) is 35.1 Å². The van der Waals surface area contributed by atoms with Crippen LogP contribution in [0, 0.1) is 0 Å². The lowest BCUT2D eigenvalue weighted by Gasteiger charge is -2.13. The highest BCUT2D eigenvalue weighted by Gasteiger charge is 2.05. The third-order valence-corrected chi connectivity index (χ3v) is 2.43. The molecule has 0 aliphatic heterocycles. The Kier molecular flexibility index (Phi) is 6.78. The van der Waals surface area contributed by atoms with E-state index in [0.717, 1.165) is 0 Å². The molecule has 2 unspecified atom stereocenters. The van der Waals surface area contributed by atoms with Gasteiger partial charge in [0.15, 0.2) is 0 Å². The van der Waals surface area contributed by atoms with Crippen LogP contribution in [0.1, 0.15) is 6.92 Å². The van der Waals surface area contributed by atoms with E-state index in [4.69, 9.17) is 20.3 Å². The van der Waals surface area contributed by atoms with Crippen molar-refractivity contribution in [3.05, 3.63) is 0 Å². The molecule has 0 spiro atoms. The lowest BCUT2D eigenvalue weighted by atomic mass is 10.4. The summed E-state index contributed by atoms with van der Waals surface area (Å²) in [5.74, 6) is 0. The molecule has 0 aromatic heterocycles. The smallest absolute Gasteiger partial charge is 0.318 e. The van der Waals surface area contributed by atoms with E-state index >= 15 is 0 Å². The Morgan fingerprint density at radius 1 is 1.45 bits per heavy atom. The van der Waals surface area contributed by atoms with Crippen molar-refractivity contribution in [1.82, 2.24) is 0 Å². The first-order valence-electron chi connectivity index (χ1n) is 3.85. The molecule has 0 rings (SSSR count). The standard InChI is InChI=1S/C6H18N2O2Si/c1-6(8)5-10-11(2)9-4-3-7/h6,11H,3-5,7-8H2,1-2H3. The van der Waals surface area contributed by atoms with Gasteiger partial charge < -0.3 is 20.3 Å². The monoisotopic (exact) mass is 178 g/mol. The largest absolute Gasteiger partial charge is 0.395 e. The van der Waals surface area contributed by atoms with Gasteiger partial charge in [-0.25, -0.2) is 0 Å². The van der Waals surface area contributed by atoms with Gasteiger partial charge in [0, 0.05) is 19.2 Å². The highest BCUT2D eigenvalue weighted by Crippen LogP contribution is 1.89. The molecular formula is C6H18N2O2Si. The van der Waals surface area contributed by atoms with Gasteiger partial charge in [-0.3, -0.25) is 0 Å². The minimum Gasteiger partial charge on any atom is -0.395 e. The molecule has 0 aromatic rings. The van der Waals surface area contributed by atoms with Crippen LogP contribution >= 0.6 is 0 Å². The summed E-state index contributed by atoms with van der Waals surface area (Å²) >= 11 is 0. The summed E-state index contributed by atoms with van der Waals surface area (Å²) < 4.78 is 10.6. The molecule has 0 saturated heterocycles. The summed E-state index contributed by atoms with van der Waals surface area (Å²) in [7, 11) is -1.44. The van der Waals surface area contributed by atoms with Gasteiger partial charge in [-0.15, -0.1) is 0 Å². The van der Waals surface area contributed by atoms with Gasteiger partial charge in [-0.05, 0) is 13.5 Å². The normalized spacial score (nSPS) is 16.4. The average molecular weight is 178 g/mol. The highest BCUT2D eigenvalue weighted by molar-refractivity contribution is 6.42. The second kappa shape index (κ2) is 6.75. The van der Waals surface area contributed by atoms with Gasteiger partial charge in [0.1, 0.15) is 0 Å². The summed E-state index contributed by atoms with van der Waals surface area (Å²) in [6.07, 6.45) is 0. The summed E-state index contributed by atoms with van der Waals surface area (Å²) in [5.41, 5.74) is 10.7. The van der Waals surface area contributed by atoms with Crippen LogP contribution in [0.5, 0.6) is 0 Å². The molecule has 4 nitrogen and oxygen atoms in total. The zero-order chi connectivity index (χ0) is 8.69.